The first-order chi connectivity index (χ1) is 12.9. The van der Waals surface area contributed by atoms with Gasteiger partial charge in [0.05, 0.1) is 12.9 Å². The van der Waals surface area contributed by atoms with Crippen LogP contribution in [0.25, 0.3) is 11.2 Å². The second-order valence-corrected chi connectivity index (χ2v) is 7.83. The summed E-state index contributed by atoms with van der Waals surface area (Å²) in [6, 6.07) is 0. The van der Waals surface area contributed by atoms with Crippen molar-refractivity contribution in [3.8, 4) is 0 Å². The predicted molar refractivity (Wildman–Crippen MR) is 101 cm³/mol. The Kier molecular flexibility index (Phi) is 5.72. The van der Waals surface area contributed by atoms with E-state index < -0.39 is 11.2 Å². The van der Waals surface area contributed by atoms with Crippen LogP contribution in [0.4, 0.5) is 5.13 Å². The minimum Gasteiger partial charge on any atom is -0.384 e. The number of nitrogens with one attached hydrogen (secondary N) is 1. The van der Waals surface area contributed by atoms with Crippen LogP contribution in [0, 0.1) is 0 Å². The Morgan fingerprint density at radius 2 is 2.07 bits per heavy atom. The summed E-state index contributed by atoms with van der Waals surface area (Å²) in [5.41, 5.74) is -0.577. The molecule has 27 heavy (non-hydrogen) atoms. The van der Waals surface area contributed by atoms with E-state index in [9.17, 15) is 14.4 Å². The van der Waals surface area contributed by atoms with Crippen molar-refractivity contribution in [2.75, 3.05) is 24.8 Å². The molecule has 3 heterocycles. The van der Waals surface area contributed by atoms with Crippen molar-refractivity contribution in [3.63, 3.8) is 0 Å². The summed E-state index contributed by atoms with van der Waals surface area (Å²) >= 11 is 2.74. The molecule has 3 aromatic rings. The second kappa shape index (κ2) is 8.02. The molecule has 0 radical (unpaired) electrons. The number of imidazole rings is 1. The summed E-state index contributed by atoms with van der Waals surface area (Å²) < 4.78 is 9.34. The van der Waals surface area contributed by atoms with Crippen LogP contribution in [0.3, 0.4) is 0 Å². The molecule has 0 spiro atoms. The van der Waals surface area contributed by atoms with Gasteiger partial charge in [-0.15, -0.1) is 10.2 Å². The zero-order chi connectivity index (χ0) is 19.6. The Bertz CT molecular complexity index is 1100. The number of carbonyl (C=O) groups is 1. The second-order valence-electron chi connectivity index (χ2n) is 5.51. The lowest BCUT2D eigenvalue weighted by Crippen LogP contribution is -2.37. The number of amides is 1. The highest BCUT2D eigenvalue weighted by Gasteiger charge is 2.16. The first-order valence-corrected chi connectivity index (χ1v) is 9.58. The van der Waals surface area contributed by atoms with E-state index in [2.05, 4.69) is 20.5 Å². The van der Waals surface area contributed by atoms with Crippen LogP contribution in [0.15, 0.2) is 20.3 Å². The lowest BCUT2D eigenvalue weighted by atomic mass is 10.4. The number of fused-ring (bicyclic) bond motifs is 1. The number of ether oxygens (including phenoxy) is 1. The number of hydrogen-bond acceptors (Lipinski definition) is 9. The van der Waals surface area contributed by atoms with Gasteiger partial charge < -0.3 is 9.30 Å². The van der Waals surface area contributed by atoms with E-state index in [1.54, 1.807) is 7.11 Å². The molecule has 13 heteroatoms. The van der Waals surface area contributed by atoms with Gasteiger partial charge in [-0.3, -0.25) is 24.0 Å². The number of methoxy groups -OCH3 is 1. The summed E-state index contributed by atoms with van der Waals surface area (Å²) in [6.45, 7) is 0.451. The highest BCUT2D eigenvalue weighted by Crippen LogP contribution is 2.25. The first kappa shape index (κ1) is 19.3. The number of nitrogens with zero attached hydrogens (tertiary/aromatic N) is 6. The molecule has 0 aliphatic heterocycles. The fourth-order valence-electron chi connectivity index (χ4n) is 2.36. The van der Waals surface area contributed by atoms with Gasteiger partial charge in [0, 0.05) is 27.0 Å². The van der Waals surface area contributed by atoms with Crippen molar-refractivity contribution < 1.29 is 9.53 Å². The van der Waals surface area contributed by atoms with Gasteiger partial charge in [0.25, 0.3) is 5.56 Å². The number of rotatable bonds is 7. The molecule has 0 atom stereocenters. The Labute approximate surface area is 161 Å². The lowest BCUT2D eigenvalue weighted by molar-refractivity contribution is -0.116. The summed E-state index contributed by atoms with van der Waals surface area (Å²) in [5.74, 6) is 0.358. The van der Waals surface area contributed by atoms with Crippen molar-refractivity contribution in [1.82, 2.24) is 28.9 Å². The third-order valence-electron chi connectivity index (χ3n) is 3.70. The molecular formula is C14H17N7O4S2. The lowest BCUT2D eigenvalue weighted by Gasteiger charge is -2.06. The zero-order valence-corrected chi connectivity index (χ0v) is 16.5. The van der Waals surface area contributed by atoms with Gasteiger partial charge >= 0.3 is 5.69 Å². The van der Waals surface area contributed by atoms with Crippen LogP contribution in [-0.4, -0.2) is 54.3 Å². The first-order valence-electron chi connectivity index (χ1n) is 7.78. The van der Waals surface area contributed by atoms with Gasteiger partial charge in [-0.1, -0.05) is 23.1 Å². The summed E-state index contributed by atoms with van der Waals surface area (Å²) in [7, 11) is 4.52. The molecule has 1 amide bonds. The molecule has 0 bridgehead atoms. The average Bonchev–Trinajstić information content (AvgIpc) is 3.25. The van der Waals surface area contributed by atoms with E-state index in [4.69, 9.17) is 4.74 Å². The van der Waals surface area contributed by atoms with Crippen LogP contribution < -0.4 is 16.6 Å². The largest absolute Gasteiger partial charge is 0.384 e. The molecule has 0 aliphatic carbocycles. The zero-order valence-electron chi connectivity index (χ0n) is 14.8. The maximum atomic E-state index is 12.4. The van der Waals surface area contributed by atoms with Crippen LogP contribution in [-0.2, 0) is 30.2 Å². The molecule has 0 unspecified atom stereocenters. The highest BCUT2D eigenvalue weighted by molar-refractivity contribution is 8.01. The summed E-state index contributed by atoms with van der Waals surface area (Å²) in [5, 5.41) is 10.9. The maximum Gasteiger partial charge on any atom is 0.332 e. The Morgan fingerprint density at radius 1 is 1.30 bits per heavy atom. The van der Waals surface area contributed by atoms with Crippen LogP contribution in [0.1, 0.15) is 0 Å². The number of anilines is 1. The Morgan fingerprint density at radius 3 is 2.81 bits per heavy atom. The van der Waals surface area contributed by atoms with Crippen LogP contribution in [0.2, 0.25) is 0 Å². The Hall–Kier alpha value is -2.51. The number of carbonyl (C=O) groups excluding carboxylic acids is 1. The average molecular weight is 411 g/mol. The molecule has 1 N–H and O–H groups in total. The van der Waals surface area contributed by atoms with Gasteiger partial charge in [0.1, 0.15) is 6.54 Å². The van der Waals surface area contributed by atoms with Crippen molar-refractivity contribution in [1.29, 1.82) is 0 Å². The fraction of sp³-hybridized carbons (Fsp3) is 0.429. The van der Waals surface area contributed by atoms with E-state index in [0.29, 0.717) is 11.7 Å². The molecule has 144 valence electrons. The van der Waals surface area contributed by atoms with E-state index in [1.165, 1.54) is 52.7 Å². The molecular weight excluding hydrogens is 394 g/mol. The van der Waals surface area contributed by atoms with Crippen molar-refractivity contribution in [3.05, 3.63) is 27.2 Å². The fourth-order valence-corrected chi connectivity index (χ4v) is 4.10. The van der Waals surface area contributed by atoms with Gasteiger partial charge in [0.15, 0.2) is 15.5 Å². The monoisotopic (exact) mass is 411 g/mol. The molecule has 0 saturated carbocycles. The van der Waals surface area contributed by atoms with Crippen LogP contribution >= 0.6 is 23.1 Å². The van der Waals surface area contributed by atoms with Crippen molar-refractivity contribution >= 4 is 45.3 Å². The van der Waals surface area contributed by atoms with E-state index in [-0.39, 0.29) is 23.6 Å². The number of hydrogen-bond donors (Lipinski definition) is 1. The minimum absolute atomic E-state index is 0.143. The minimum atomic E-state index is -0.508. The molecule has 0 aliphatic rings. The van der Waals surface area contributed by atoms with Gasteiger partial charge in [0.2, 0.25) is 11.0 Å². The van der Waals surface area contributed by atoms with Gasteiger partial charge in [-0.05, 0) is 0 Å². The van der Waals surface area contributed by atoms with E-state index >= 15 is 0 Å². The van der Waals surface area contributed by atoms with E-state index in [1.807, 2.05) is 0 Å². The predicted octanol–water partition coefficient (Wildman–Crippen LogP) is -0.338. The highest BCUT2D eigenvalue weighted by atomic mass is 32.2. The van der Waals surface area contributed by atoms with Crippen LogP contribution in [0.5, 0.6) is 0 Å². The van der Waals surface area contributed by atoms with Gasteiger partial charge in [-0.2, -0.15) is 0 Å². The number of aryl methyl sites for hydroxylation is 1. The molecule has 0 fully saturated rings. The van der Waals surface area contributed by atoms with Gasteiger partial charge in [-0.25, -0.2) is 9.78 Å². The topological polar surface area (TPSA) is 126 Å². The summed E-state index contributed by atoms with van der Waals surface area (Å²) in [4.78, 5) is 40.7. The molecule has 3 rings (SSSR count). The third kappa shape index (κ3) is 3.94. The van der Waals surface area contributed by atoms with Crippen molar-refractivity contribution in [2.45, 2.75) is 10.9 Å². The molecule has 0 saturated heterocycles. The summed E-state index contributed by atoms with van der Waals surface area (Å²) in [6.07, 6.45) is 1.36. The Balaban J connectivity index is 1.75. The standard InChI is InChI=1S/C14H17N7O4S2/c1-19-10-9(11(23)20(2)14(19)24)21(7-15-10)6-8(22)16-12-17-18-13(27-12)26-5-4-25-3/h7H,4-6H2,1-3H3,(H,16,17,22). The molecule has 0 aromatic carbocycles. The number of aromatic nitrogens is 6. The SMILES string of the molecule is COCCSc1nnc(NC(=O)Cn2cnc3c2c(=O)n(C)c(=O)n3C)s1. The van der Waals surface area contributed by atoms with Crippen molar-refractivity contribution in [2.24, 2.45) is 14.1 Å². The third-order valence-corrected chi connectivity index (χ3v) is 5.63. The molecule has 11 nitrogen and oxygen atoms in total. The number of thioether (sulfide) groups is 1. The molecule has 3 aromatic heterocycles. The quantitative estimate of drug-likeness (QED) is 0.318. The smallest absolute Gasteiger partial charge is 0.332 e. The normalized spacial score (nSPS) is 11.2. The maximum absolute atomic E-state index is 12.4. The van der Waals surface area contributed by atoms with E-state index in [0.717, 1.165) is 14.7 Å².